The van der Waals surface area contributed by atoms with Crippen LogP contribution in [0.4, 0.5) is 0 Å². The van der Waals surface area contributed by atoms with Gasteiger partial charge in [-0.1, -0.05) is 36.8 Å². The largest absolute Gasteiger partial charge is 0.180 e. The molecule has 0 saturated carbocycles. The van der Waals surface area contributed by atoms with Crippen LogP contribution in [0.15, 0.2) is 36.4 Å². The van der Waals surface area contributed by atoms with Crippen LogP contribution in [0.25, 0.3) is 10.8 Å². The van der Waals surface area contributed by atoms with Gasteiger partial charge in [0, 0.05) is 17.0 Å². The van der Waals surface area contributed by atoms with Crippen molar-refractivity contribution in [1.29, 1.82) is 0 Å². The summed E-state index contributed by atoms with van der Waals surface area (Å²) >= 11 is 0. The molecule has 0 aromatic heterocycles. The van der Waals surface area contributed by atoms with Gasteiger partial charge in [0.25, 0.3) is 0 Å². The molecule has 0 unspecified atom stereocenters. The van der Waals surface area contributed by atoms with E-state index in [4.69, 9.17) is 0 Å². The zero-order valence-electron chi connectivity index (χ0n) is 9.12. The van der Waals surface area contributed by atoms with Crippen molar-refractivity contribution in [3.63, 3.8) is 0 Å². The molecule has 0 heteroatoms. The Morgan fingerprint density at radius 2 is 1.80 bits per heavy atom. The first-order valence-corrected chi connectivity index (χ1v) is 5.39. The molecule has 74 valence electrons. The molecule has 2 aromatic carbocycles. The van der Waals surface area contributed by atoms with Gasteiger partial charge in [0.05, 0.1) is 0 Å². The predicted molar refractivity (Wildman–Crippen MR) is 64.5 cm³/mol. The number of hydrogen-bond donors (Lipinski definition) is 0. The Morgan fingerprint density at radius 3 is 2.60 bits per heavy atom. The Morgan fingerprint density at radius 1 is 1.07 bits per heavy atom. The van der Waals surface area contributed by atoms with Crippen molar-refractivity contribution < 1.29 is 0 Å². The average Bonchev–Trinajstić information content (AvgIpc) is 2.16. The van der Waals surface area contributed by atoms with Gasteiger partial charge in [-0.05, 0) is 12.5 Å². The summed E-state index contributed by atoms with van der Waals surface area (Å²) in [7, 11) is 0. The van der Waals surface area contributed by atoms with Crippen LogP contribution in [0.5, 0.6) is 0 Å². The van der Waals surface area contributed by atoms with Crippen molar-refractivity contribution in [2.24, 2.45) is 5.41 Å². The summed E-state index contributed by atoms with van der Waals surface area (Å²) in [6.07, 6.45) is 4.70. The molecule has 0 nitrogen and oxygen atoms in total. The Labute approximate surface area is 90.9 Å². The predicted octanol–water partition coefficient (Wildman–Crippen LogP) is 3.98. The molecule has 0 radical (unpaired) electrons. The summed E-state index contributed by atoms with van der Waals surface area (Å²) in [5, 5.41) is 2.74. The first-order chi connectivity index (χ1) is 7.16. The second kappa shape index (κ2) is 2.73. The van der Waals surface area contributed by atoms with E-state index >= 15 is 0 Å². The number of rotatable bonds is 0. The molecule has 0 bridgehead atoms. The van der Waals surface area contributed by atoms with Crippen LogP contribution in [0.2, 0.25) is 0 Å². The third kappa shape index (κ3) is 1.29. The van der Waals surface area contributed by atoms with Gasteiger partial charge in [-0.3, -0.25) is 0 Å². The fourth-order valence-electron chi connectivity index (χ4n) is 2.48. The van der Waals surface area contributed by atoms with Gasteiger partial charge in [0.15, 0.2) is 0 Å². The van der Waals surface area contributed by atoms with E-state index in [0.29, 0.717) is 0 Å². The fourth-order valence-corrected chi connectivity index (χ4v) is 2.48. The van der Waals surface area contributed by atoms with E-state index in [1.165, 1.54) is 21.9 Å². The molecule has 0 saturated heterocycles. The lowest BCUT2D eigenvalue weighted by atomic mass is 9.73. The highest BCUT2D eigenvalue weighted by molar-refractivity contribution is 5.92. The highest BCUT2D eigenvalue weighted by Crippen LogP contribution is 2.40. The highest BCUT2D eigenvalue weighted by Gasteiger charge is 2.24. The summed E-state index contributed by atoms with van der Waals surface area (Å²) in [5.41, 5.74) is 2.91. The molecule has 0 spiro atoms. The molecule has 1 aliphatic rings. The summed E-state index contributed by atoms with van der Waals surface area (Å²) in [6.45, 7) is 4.50. The van der Waals surface area contributed by atoms with Crippen molar-refractivity contribution in [2.45, 2.75) is 13.8 Å². The number of hydrogen-bond acceptors (Lipinski definition) is 0. The molecule has 0 fully saturated rings. The molecule has 0 heterocycles. The smallest absolute Gasteiger partial charge is 0.0307 e. The molecule has 2 aromatic rings. The van der Waals surface area contributed by atoms with E-state index in [9.17, 15) is 0 Å². The van der Waals surface area contributed by atoms with Crippen LogP contribution in [0.1, 0.15) is 25.0 Å². The van der Waals surface area contributed by atoms with Crippen LogP contribution in [-0.2, 0) is 0 Å². The molecule has 15 heavy (non-hydrogen) atoms. The lowest BCUT2D eigenvalue weighted by Crippen LogP contribution is -2.18. The van der Waals surface area contributed by atoms with Gasteiger partial charge in [-0.15, -0.1) is 6.07 Å². The summed E-state index contributed by atoms with van der Waals surface area (Å²) < 4.78 is 0. The summed E-state index contributed by atoms with van der Waals surface area (Å²) in [5.74, 6) is 0. The van der Waals surface area contributed by atoms with Gasteiger partial charge in [-0.2, -0.15) is 18.1 Å². The lowest BCUT2D eigenvalue weighted by Gasteiger charge is -2.34. The molecular formula is C15H14. The van der Waals surface area contributed by atoms with Gasteiger partial charge in [0.2, 0.25) is 0 Å². The molecule has 0 atom stereocenters. The monoisotopic (exact) mass is 194 g/mol. The zero-order chi connectivity index (χ0) is 10.5. The van der Waals surface area contributed by atoms with E-state index < -0.39 is 0 Å². The highest BCUT2D eigenvalue weighted by atomic mass is 14.3. The lowest BCUT2D eigenvalue weighted by molar-refractivity contribution is 0.539. The SMILES string of the molecule is CC1(C)[CH+]c2cccc3cccc(c23)[CH-]1. The number of benzene rings is 2. The molecule has 0 aliphatic heterocycles. The van der Waals surface area contributed by atoms with Crippen LogP contribution in [0.3, 0.4) is 0 Å². The van der Waals surface area contributed by atoms with Crippen LogP contribution < -0.4 is 0 Å². The van der Waals surface area contributed by atoms with Crippen molar-refractivity contribution in [3.8, 4) is 0 Å². The van der Waals surface area contributed by atoms with Crippen molar-refractivity contribution >= 4 is 10.8 Å². The molecule has 0 N–H and O–H groups in total. The van der Waals surface area contributed by atoms with Crippen molar-refractivity contribution in [2.75, 3.05) is 0 Å². The second-order valence-corrected chi connectivity index (χ2v) is 4.90. The standard InChI is InChI=1S/C15H14/c1-15(2)9-12-7-3-5-11-6-4-8-13(10-15)14(11)12/h3-10H,1-2H3. The Balaban J connectivity index is 2.36. The Bertz CT molecular complexity index is 478. The third-order valence-electron chi connectivity index (χ3n) is 3.02. The van der Waals surface area contributed by atoms with Crippen LogP contribution in [-0.4, -0.2) is 0 Å². The fraction of sp³-hybridized carbons (Fsp3) is 0.200. The Hall–Kier alpha value is -1.56. The minimum Gasteiger partial charge on any atom is -0.180 e. The molecule has 3 rings (SSSR count). The summed E-state index contributed by atoms with van der Waals surface area (Å²) in [6, 6.07) is 13.1. The minimum atomic E-state index is 0.169. The van der Waals surface area contributed by atoms with Crippen LogP contribution >= 0.6 is 0 Å². The quantitative estimate of drug-likeness (QED) is 0.556. The maximum Gasteiger partial charge on any atom is 0.0307 e. The van der Waals surface area contributed by atoms with Crippen molar-refractivity contribution in [3.05, 3.63) is 60.4 Å². The summed E-state index contributed by atoms with van der Waals surface area (Å²) in [4.78, 5) is 0. The first kappa shape index (κ1) is 8.72. The Kier molecular flexibility index (Phi) is 1.59. The molecule has 1 aliphatic carbocycles. The second-order valence-electron chi connectivity index (χ2n) is 4.90. The van der Waals surface area contributed by atoms with Crippen LogP contribution in [0, 0.1) is 18.3 Å². The maximum absolute atomic E-state index is 2.35. The normalized spacial score (nSPS) is 16.9. The van der Waals surface area contributed by atoms with E-state index in [1.54, 1.807) is 0 Å². The minimum absolute atomic E-state index is 0.169. The third-order valence-corrected chi connectivity index (χ3v) is 3.02. The van der Waals surface area contributed by atoms with E-state index in [2.05, 4.69) is 63.1 Å². The maximum atomic E-state index is 2.35. The molecule has 0 amide bonds. The van der Waals surface area contributed by atoms with Crippen molar-refractivity contribution in [1.82, 2.24) is 0 Å². The van der Waals surface area contributed by atoms with E-state index in [-0.39, 0.29) is 5.41 Å². The first-order valence-electron chi connectivity index (χ1n) is 5.39. The average molecular weight is 194 g/mol. The van der Waals surface area contributed by atoms with Gasteiger partial charge < -0.3 is 0 Å². The van der Waals surface area contributed by atoms with E-state index in [1.807, 2.05) is 0 Å². The van der Waals surface area contributed by atoms with Gasteiger partial charge in [-0.25, -0.2) is 0 Å². The molecular weight excluding hydrogens is 180 g/mol. The topological polar surface area (TPSA) is 0 Å². The zero-order valence-corrected chi connectivity index (χ0v) is 9.12. The van der Waals surface area contributed by atoms with E-state index in [0.717, 1.165) is 0 Å². The van der Waals surface area contributed by atoms with Gasteiger partial charge in [0.1, 0.15) is 0 Å². The van der Waals surface area contributed by atoms with Gasteiger partial charge >= 0.3 is 0 Å².